The Bertz CT molecular complexity index is 1460. The second-order valence-electron chi connectivity index (χ2n) is 7.79. The van der Waals surface area contributed by atoms with Crippen LogP contribution < -0.4 is 11.1 Å². The van der Waals surface area contributed by atoms with Crippen molar-refractivity contribution >= 4 is 51.6 Å². The first-order valence-electron chi connectivity index (χ1n) is 10.6. The number of halogens is 1. The molecule has 5 aromatic rings. The summed E-state index contributed by atoms with van der Waals surface area (Å²) in [5.74, 6) is 0.803. The lowest BCUT2D eigenvalue weighted by atomic mass is 10.1. The van der Waals surface area contributed by atoms with Gasteiger partial charge in [0.25, 0.3) is 0 Å². The van der Waals surface area contributed by atoms with Crippen LogP contribution in [0.4, 0.5) is 5.82 Å². The minimum atomic E-state index is -0.403. The molecule has 0 aliphatic heterocycles. The predicted octanol–water partition coefficient (Wildman–Crippen LogP) is 5.36. The Balaban J connectivity index is 1.44. The molecule has 1 atom stereocenters. The molecule has 0 unspecified atom stereocenters. The summed E-state index contributed by atoms with van der Waals surface area (Å²) in [5, 5.41) is 15.2. The highest BCUT2D eigenvalue weighted by Gasteiger charge is 2.21. The standard InChI is InChI=1S/C25H21ClN6OS/c26-23-22(17-7-8-18-19(13-17)31-32-24(18)27)29-25(30-23)20(12-15-4-2-1-3-5-15)28-21(33)9-6-16-10-11-34-14-16/h1-11,13-14,20H,12H2,(H,28,33)(H,29,30)(H3,27,31,32)/t20-/m0/s1. The van der Waals surface area contributed by atoms with Crippen molar-refractivity contribution in [3.63, 3.8) is 0 Å². The van der Waals surface area contributed by atoms with E-state index in [-0.39, 0.29) is 5.91 Å². The van der Waals surface area contributed by atoms with Gasteiger partial charge in [0, 0.05) is 17.0 Å². The zero-order valence-electron chi connectivity index (χ0n) is 18.0. The van der Waals surface area contributed by atoms with Gasteiger partial charge in [-0.2, -0.15) is 16.4 Å². The first-order valence-corrected chi connectivity index (χ1v) is 11.9. The smallest absolute Gasteiger partial charge is 0.244 e. The first-order chi connectivity index (χ1) is 16.6. The normalized spacial score (nSPS) is 12.4. The van der Waals surface area contributed by atoms with Crippen LogP contribution in [0.3, 0.4) is 0 Å². The Morgan fingerprint density at radius 2 is 2.06 bits per heavy atom. The molecule has 0 saturated heterocycles. The minimum Gasteiger partial charge on any atom is -0.382 e. The van der Waals surface area contributed by atoms with E-state index in [0.717, 1.165) is 27.6 Å². The molecular weight excluding hydrogens is 468 g/mol. The van der Waals surface area contributed by atoms with Crippen molar-refractivity contribution in [3.8, 4) is 11.3 Å². The van der Waals surface area contributed by atoms with Gasteiger partial charge in [0.1, 0.15) is 16.7 Å². The zero-order chi connectivity index (χ0) is 23.5. The molecule has 3 aromatic heterocycles. The summed E-state index contributed by atoms with van der Waals surface area (Å²) < 4.78 is 0. The number of carbonyl (C=O) groups excluding carboxylic acids is 1. The van der Waals surface area contributed by atoms with Gasteiger partial charge >= 0.3 is 0 Å². The number of aromatic nitrogens is 4. The quantitative estimate of drug-likeness (QED) is 0.231. The molecule has 2 aromatic carbocycles. The third kappa shape index (κ3) is 4.73. The SMILES string of the molecule is Nc1n[nH]c2cc(-c3nc([C@H](Cc4ccccc4)NC(=O)C=Cc4ccsc4)[nH]c3Cl)ccc12. The third-order valence-electron chi connectivity index (χ3n) is 5.44. The number of hydrogen-bond acceptors (Lipinski definition) is 5. The number of thiophene rings is 1. The Hall–Kier alpha value is -3.88. The van der Waals surface area contributed by atoms with Gasteiger partial charge in [0.15, 0.2) is 5.82 Å². The summed E-state index contributed by atoms with van der Waals surface area (Å²) >= 11 is 8.14. The highest BCUT2D eigenvalue weighted by atomic mass is 35.5. The molecular formula is C25H21ClN6OS. The van der Waals surface area contributed by atoms with Crippen molar-refractivity contribution in [3.05, 3.63) is 93.5 Å². The van der Waals surface area contributed by atoms with E-state index in [1.807, 2.05) is 65.4 Å². The average molecular weight is 489 g/mol. The van der Waals surface area contributed by atoms with E-state index in [4.69, 9.17) is 22.3 Å². The van der Waals surface area contributed by atoms with Crippen molar-refractivity contribution in [1.82, 2.24) is 25.5 Å². The van der Waals surface area contributed by atoms with E-state index < -0.39 is 6.04 Å². The number of nitrogens with one attached hydrogen (secondary N) is 3. The molecule has 3 heterocycles. The summed E-state index contributed by atoms with van der Waals surface area (Å²) in [6, 6.07) is 17.2. The number of hydrogen-bond donors (Lipinski definition) is 4. The number of nitrogen functional groups attached to an aromatic ring is 1. The van der Waals surface area contributed by atoms with Crippen LogP contribution in [0.15, 0.2) is 71.4 Å². The fourth-order valence-corrected chi connectivity index (χ4v) is 4.62. The van der Waals surface area contributed by atoms with E-state index in [9.17, 15) is 4.79 Å². The Morgan fingerprint density at radius 1 is 1.21 bits per heavy atom. The first kappa shape index (κ1) is 21.9. The molecule has 170 valence electrons. The number of rotatable bonds is 7. The fraction of sp³-hybridized carbons (Fsp3) is 0.0800. The number of H-pyrrole nitrogens is 2. The Morgan fingerprint density at radius 3 is 2.85 bits per heavy atom. The maximum Gasteiger partial charge on any atom is 0.244 e. The van der Waals surface area contributed by atoms with Gasteiger partial charge in [0.2, 0.25) is 5.91 Å². The van der Waals surface area contributed by atoms with Crippen molar-refractivity contribution in [2.24, 2.45) is 0 Å². The molecule has 0 spiro atoms. The van der Waals surface area contributed by atoms with Crippen molar-refractivity contribution < 1.29 is 4.79 Å². The summed E-state index contributed by atoms with van der Waals surface area (Å²) in [6.07, 6.45) is 3.87. The van der Waals surface area contributed by atoms with Crippen molar-refractivity contribution in [2.45, 2.75) is 12.5 Å². The molecule has 5 rings (SSSR count). The van der Waals surface area contributed by atoms with Gasteiger partial charge in [-0.25, -0.2) is 4.98 Å². The molecule has 0 fully saturated rings. The maximum absolute atomic E-state index is 12.7. The van der Waals surface area contributed by atoms with Gasteiger partial charge in [0.05, 0.1) is 11.6 Å². The molecule has 0 aliphatic rings. The zero-order valence-corrected chi connectivity index (χ0v) is 19.5. The lowest BCUT2D eigenvalue weighted by Gasteiger charge is -2.16. The van der Waals surface area contributed by atoms with Gasteiger partial charge in [-0.3, -0.25) is 9.89 Å². The summed E-state index contributed by atoms with van der Waals surface area (Å²) in [6.45, 7) is 0. The molecule has 0 aliphatic carbocycles. The monoisotopic (exact) mass is 488 g/mol. The number of anilines is 1. The Kier molecular flexibility index (Phi) is 6.16. The van der Waals surface area contributed by atoms with Crippen molar-refractivity contribution in [1.29, 1.82) is 0 Å². The molecule has 5 N–H and O–H groups in total. The Labute approximate surface area is 204 Å². The second kappa shape index (κ2) is 9.54. The van der Waals surface area contributed by atoms with Crippen molar-refractivity contribution in [2.75, 3.05) is 5.73 Å². The van der Waals surface area contributed by atoms with Crippen LogP contribution in [-0.4, -0.2) is 26.1 Å². The number of benzene rings is 2. The molecule has 34 heavy (non-hydrogen) atoms. The van der Waals surface area contributed by atoms with Gasteiger partial charge in [-0.05, 0) is 52.6 Å². The fourth-order valence-electron chi connectivity index (χ4n) is 3.74. The van der Waals surface area contributed by atoms with Crippen LogP contribution in [0, 0.1) is 0 Å². The van der Waals surface area contributed by atoms with Crippen LogP contribution >= 0.6 is 22.9 Å². The number of imidazole rings is 1. The number of amides is 1. The van der Waals surface area contributed by atoms with Crippen LogP contribution in [0.1, 0.15) is 23.0 Å². The summed E-state index contributed by atoms with van der Waals surface area (Å²) in [4.78, 5) is 20.7. The topological polar surface area (TPSA) is 112 Å². The van der Waals surface area contributed by atoms with Gasteiger partial charge in [-0.15, -0.1) is 0 Å². The lowest BCUT2D eigenvalue weighted by Crippen LogP contribution is -2.29. The second-order valence-corrected chi connectivity index (χ2v) is 8.95. The van der Waals surface area contributed by atoms with E-state index >= 15 is 0 Å². The molecule has 1 amide bonds. The van der Waals surface area contributed by atoms with Gasteiger partial charge in [-0.1, -0.05) is 48.0 Å². The third-order valence-corrected chi connectivity index (χ3v) is 6.42. The highest BCUT2D eigenvalue weighted by molar-refractivity contribution is 7.08. The van der Waals surface area contributed by atoms with E-state index in [1.54, 1.807) is 17.4 Å². The van der Waals surface area contributed by atoms with Gasteiger partial charge < -0.3 is 16.0 Å². The maximum atomic E-state index is 12.7. The highest BCUT2D eigenvalue weighted by Crippen LogP contribution is 2.31. The van der Waals surface area contributed by atoms with Crippen LogP contribution in [0.5, 0.6) is 0 Å². The molecule has 0 bridgehead atoms. The largest absolute Gasteiger partial charge is 0.382 e. The minimum absolute atomic E-state index is 0.212. The summed E-state index contributed by atoms with van der Waals surface area (Å²) in [5.41, 5.74) is 10.1. The van der Waals surface area contributed by atoms with E-state index in [2.05, 4.69) is 20.5 Å². The molecule has 9 heteroatoms. The molecule has 7 nitrogen and oxygen atoms in total. The van der Waals surface area contributed by atoms with E-state index in [1.165, 1.54) is 6.08 Å². The number of nitrogens with two attached hydrogens (primary N) is 1. The number of fused-ring (bicyclic) bond motifs is 1. The van der Waals surface area contributed by atoms with Crippen LogP contribution in [-0.2, 0) is 11.2 Å². The average Bonchev–Trinajstić information content (AvgIpc) is 3.58. The summed E-state index contributed by atoms with van der Waals surface area (Å²) in [7, 11) is 0. The lowest BCUT2D eigenvalue weighted by molar-refractivity contribution is -0.117. The van der Waals surface area contributed by atoms with E-state index in [0.29, 0.717) is 28.9 Å². The van der Waals surface area contributed by atoms with Crippen LogP contribution in [0.2, 0.25) is 5.15 Å². The number of aromatic amines is 2. The number of carbonyl (C=O) groups is 1. The predicted molar refractivity (Wildman–Crippen MR) is 137 cm³/mol. The number of nitrogens with zero attached hydrogens (tertiary/aromatic N) is 2. The molecule has 0 saturated carbocycles. The molecule has 0 radical (unpaired) electrons. The van der Waals surface area contributed by atoms with Crippen LogP contribution in [0.25, 0.3) is 28.2 Å².